The first-order chi connectivity index (χ1) is 13.2. The third-order valence-corrected chi connectivity index (χ3v) is 5.09. The fourth-order valence-corrected chi connectivity index (χ4v) is 3.44. The van der Waals surface area contributed by atoms with Crippen LogP contribution in [-0.2, 0) is 0 Å². The van der Waals surface area contributed by atoms with Gasteiger partial charge in [0.25, 0.3) is 5.91 Å². The van der Waals surface area contributed by atoms with Crippen LogP contribution in [0.25, 0.3) is 21.7 Å². The molecule has 1 heterocycles. The first-order valence-electron chi connectivity index (χ1n) is 8.56. The van der Waals surface area contributed by atoms with Gasteiger partial charge in [-0.05, 0) is 30.2 Å². The molecule has 4 aromatic rings. The van der Waals surface area contributed by atoms with Crippen LogP contribution in [0.4, 0.5) is 5.13 Å². The second-order valence-corrected chi connectivity index (χ2v) is 7.15. The van der Waals surface area contributed by atoms with E-state index in [1.165, 1.54) is 16.9 Å². The summed E-state index contributed by atoms with van der Waals surface area (Å²) in [7, 11) is 0. The highest BCUT2D eigenvalue weighted by atomic mass is 32.1. The summed E-state index contributed by atoms with van der Waals surface area (Å²) >= 11 is 1.36. The Morgan fingerprint density at radius 3 is 2.11 bits per heavy atom. The van der Waals surface area contributed by atoms with Gasteiger partial charge in [0.15, 0.2) is 0 Å². The van der Waals surface area contributed by atoms with E-state index < -0.39 is 0 Å². The number of rotatable bonds is 4. The molecule has 5 heteroatoms. The average molecular weight is 371 g/mol. The molecule has 3 aromatic carbocycles. The molecule has 1 N–H and O–H groups in total. The Kier molecular flexibility index (Phi) is 4.77. The second kappa shape index (κ2) is 7.51. The molecule has 0 aliphatic rings. The molecule has 27 heavy (non-hydrogen) atoms. The quantitative estimate of drug-likeness (QED) is 0.520. The number of hydrogen-bond donors (Lipinski definition) is 1. The number of amides is 1. The maximum Gasteiger partial charge on any atom is 0.257 e. The molecule has 0 aliphatic carbocycles. The Labute approximate surface area is 161 Å². The Hall–Kier alpha value is -3.31. The van der Waals surface area contributed by atoms with Crippen LogP contribution in [0, 0.1) is 6.92 Å². The van der Waals surface area contributed by atoms with Crippen molar-refractivity contribution in [3.8, 4) is 21.7 Å². The fourth-order valence-electron chi connectivity index (χ4n) is 2.70. The van der Waals surface area contributed by atoms with Crippen molar-refractivity contribution in [2.45, 2.75) is 6.92 Å². The van der Waals surface area contributed by atoms with Crippen LogP contribution in [0.2, 0.25) is 0 Å². The second-order valence-electron chi connectivity index (χ2n) is 6.18. The number of aryl methyl sites for hydroxylation is 1. The number of benzene rings is 3. The predicted molar refractivity (Wildman–Crippen MR) is 110 cm³/mol. The summed E-state index contributed by atoms with van der Waals surface area (Å²) in [5, 5.41) is 12.3. The minimum absolute atomic E-state index is 0.193. The largest absolute Gasteiger partial charge is 0.296 e. The number of hydrogen-bond acceptors (Lipinski definition) is 4. The van der Waals surface area contributed by atoms with Crippen LogP contribution in [0.1, 0.15) is 15.9 Å². The lowest BCUT2D eigenvalue weighted by Gasteiger charge is -2.04. The van der Waals surface area contributed by atoms with Gasteiger partial charge in [-0.25, -0.2) is 0 Å². The third kappa shape index (κ3) is 3.93. The molecule has 0 bridgehead atoms. The van der Waals surface area contributed by atoms with E-state index in [9.17, 15) is 4.79 Å². The van der Waals surface area contributed by atoms with E-state index in [0.29, 0.717) is 10.7 Å². The number of carbonyl (C=O) groups excluding carboxylic acids is 1. The lowest BCUT2D eigenvalue weighted by molar-refractivity contribution is 0.102. The lowest BCUT2D eigenvalue weighted by atomic mass is 10.0. The molecular weight excluding hydrogens is 354 g/mol. The predicted octanol–water partition coefficient (Wildman–Crippen LogP) is 5.43. The van der Waals surface area contributed by atoms with Gasteiger partial charge in [-0.15, -0.1) is 10.2 Å². The molecule has 0 atom stereocenters. The zero-order valence-electron chi connectivity index (χ0n) is 14.7. The Bertz CT molecular complexity index is 1050. The van der Waals surface area contributed by atoms with E-state index in [1.807, 2.05) is 85.8 Å². The van der Waals surface area contributed by atoms with Crippen molar-refractivity contribution >= 4 is 22.4 Å². The number of anilines is 1. The lowest BCUT2D eigenvalue weighted by Crippen LogP contribution is -2.11. The summed E-state index contributed by atoms with van der Waals surface area (Å²) in [5.41, 5.74) is 4.96. The Balaban J connectivity index is 1.47. The van der Waals surface area contributed by atoms with Gasteiger partial charge in [0.1, 0.15) is 5.01 Å². The summed E-state index contributed by atoms with van der Waals surface area (Å²) in [6.45, 7) is 2.04. The average Bonchev–Trinajstić information content (AvgIpc) is 3.18. The number of nitrogens with one attached hydrogen (secondary N) is 1. The van der Waals surface area contributed by atoms with Crippen LogP contribution < -0.4 is 5.32 Å². The first kappa shape index (κ1) is 17.1. The summed E-state index contributed by atoms with van der Waals surface area (Å²) in [6, 6.07) is 25.7. The van der Waals surface area contributed by atoms with Crippen LogP contribution in [0.5, 0.6) is 0 Å². The smallest absolute Gasteiger partial charge is 0.257 e. The van der Waals surface area contributed by atoms with Crippen molar-refractivity contribution in [3.05, 3.63) is 90.0 Å². The highest BCUT2D eigenvalue weighted by Crippen LogP contribution is 2.27. The molecule has 0 aliphatic heterocycles. The summed E-state index contributed by atoms with van der Waals surface area (Å²) in [4.78, 5) is 12.5. The first-order valence-corrected chi connectivity index (χ1v) is 9.38. The third-order valence-electron chi connectivity index (χ3n) is 4.20. The minimum Gasteiger partial charge on any atom is -0.296 e. The number of nitrogens with zero attached hydrogens (tertiary/aromatic N) is 2. The van der Waals surface area contributed by atoms with Crippen LogP contribution in [0.3, 0.4) is 0 Å². The van der Waals surface area contributed by atoms with Gasteiger partial charge in [-0.1, -0.05) is 83.6 Å². The molecule has 0 saturated heterocycles. The molecule has 1 amide bonds. The van der Waals surface area contributed by atoms with Crippen molar-refractivity contribution in [2.75, 3.05) is 5.32 Å². The zero-order chi connectivity index (χ0) is 18.6. The van der Waals surface area contributed by atoms with Crippen LogP contribution in [0.15, 0.2) is 78.9 Å². The van der Waals surface area contributed by atoms with Gasteiger partial charge in [-0.3, -0.25) is 10.1 Å². The van der Waals surface area contributed by atoms with Gasteiger partial charge < -0.3 is 0 Å². The number of carbonyl (C=O) groups is 1. The topological polar surface area (TPSA) is 54.9 Å². The molecule has 0 saturated carbocycles. The molecule has 0 spiro atoms. The monoisotopic (exact) mass is 371 g/mol. The summed E-state index contributed by atoms with van der Waals surface area (Å²) in [5.74, 6) is -0.193. The van der Waals surface area contributed by atoms with E-state index in [-0.39, 0.29) is 5.91 Å². The molecule has 0 radical (unpaired) electrons. The van der Waals surface area contributed by atoms with Gasteiger partial charge in [0.2, 0.25) is 5.13 Å². The summed E-state index contributed by atoms with van der Waals surface area (Å²) in [6.07, 6.45) is 0. The molecule has 4 nitrogen and oxygen atoms in total. The molecule has 4 rings (SSSR count). The Morgan fingerprint density at radius 1 is 0.778 bits per heavy atom. The van der Waals surface area contributed by atoms with E-state index in [2.05, 4.69) is 15.5 Å². The van der Waals surface area contributed by atoms with Crippen molar-refractivity contribution in [3.63, 3.8) is 0 Å². The maximum absolute atomic E-state index is 12.5. The van der Waals surface area contributed by atoms with Gasteiger partial charge in [0.05, 0.1) is 0 Å². The fraction of sp³-hybridized carbons (Fsp3) is 0.0455. The van der Waals surface area contributed by atoms with E-state index in [0.717, 1.165) is 21.7 Å². The Morgan fingerprint density at radius 2 is 1.41 bits per heavy atom. The maximum atomic E-state index is 12.5. The van der Waals surface area contributed by atoms with Crippen molar-refractivity contribution in [1.29, 1.82) is 0 Å². The van der Waals surface area contributed by atoms with Crippen LogP contribution in [-0.4, -0.2) is 16.1 Å². The van der Waals surface area contributed by atoms with E-state index >= 15 is 0 Å². The van der Waals surface area contributed by atoms with Crippen molar-refractivity contribution in [1.82, 2.24) is 10.2 Å². The molecule has 132 valence electrons. The van der Waals surface area contributed by atoms with Gasteiger partial charge >= 0.3 is 0 Å². The molecular formula is C22H17N3OS. The zero-order valence-corrected chi connectivity index (χ0v) is 15.5. The minimum atomic E-state index is -0.193. The van der Waals surface area contributed by atoms with Gasteiger partial charge in [-0.2, -0.15) is 0 Å². The van der Waals surface area contributed by atoms with Crippen molar-refractivity contribution in [2.24, 2.45) is 0 Å². The molecule has 0 unspecified atom stereocenters. The van der Waals surface area contributed by atoms with Crippen molar-refractivity contribution < 1.29 is 4.79 Å². The normalized spacial score (nSPS) is 10.6. The highest BCUT2D eigenvalue weighted by molar-refractivity contribution is 7.18. The summed E-state index contributed by atoms with van der Waals surface area (Å²) < 4.78 is 0. The highest BCUT2D eigenvalue weighted by Gasteiger charge is 2.11. The molecule has 0 fully saturated rings. The van der Waals surface area contributed by atoms with E-state index in [1.54, 1.807) is 0 Å². The van der Waals surface area contributed by atoms with Crippen LogP contribution >= 0.6 is 11.3 Å². The molecule has 1 aromatic heterocycles. The van der Waals surface area contributed by atoms with Gasteiger partial charge in [0, 0.05) is 11.1 Å². The number of aromatic nitrogens is 2. The SMILES string of the molecule is Cc1ccc(-c2nnc(NC(=O)c3ccc(-c4ccccc4)cc3)s2)cc1. The van der Waals surface area contributed by atoms with E-state index in [4.69, 9.17) is 0 Å². The standard InChI is InChI=1S/C22H17N3OS/c1-15-7-9-19(10-8-15)21-24-25-22(27-21)23-20(26)18-13-11-17(12-14-18)16-5-3-2-4-6-16/h2-14H,1H3,(H,23,25,26).